The highest BCUT2D eigenvalue weighted by Crippen LogP contribution is 2.19. The lowest BCUT2D eigenvalue weighted by Gasteiger charge is -2.16. The van der Waals surface area contributed by atoms with Gasteiger partial charge in [-0.1, -0.05) is 17.7 Å². The molecule has 0 aliphatic carbocycles. The summed E-state index contributed by atoms with van der Waals surface area (Å²) in [6.45, 7) is 5.86. The van der Waals surface area contributed by atoms with Crippen LogP contribution < -0.4 is 0 Å². The normalized spacial score (nSPS) is 10.9. The van der Waals surface area contributed by atoms with E-state index in [0.717, 1.165) is 16.7 Å². The molecule has 0 bridgehead atoms. The average molecular weight is 222 g/mol. The monoisotopic (exact) mass is 222 g/mol. The third-order valence-electron chi connectivity index (χ3n) is 2.57. The zero-order valence-corrected chi connectivity index (χ0v) is 10.5. The Morgan fingerprint density at radius 2 is 1.50 bits per heavy atom. The SMILES string of the molecule is COC(OC)C(=O)c1c(C)cc(C)cc1C. The van der Waals surface area contributed by atoms with Crippen molar-refractivity contribution in [3.8, 4) is 0 Å². The number of hydrogen-bond donors (Lipinski definition) is 0. The molecule has 0 spiro atoms. The van der Waals surface area contributed by atoms with Gasteiger partial charge in [-0.25, -0.2) is 0 Å². The number of aryl methyl sites for hydroxylation is 3. The molecule has 0 aliphatic heterocycles. The summed E-state index contributed by atoms with van der Waals surface area (Å²) in [5, 5.41) is 0. The van der Waals surface area contributed by atoms with Crippen molar-refractivity contribution in [1.82, 2.24) is 0 Å². The van der Waals surface area contributed by atoms with Crippen LogP contribution in [0.25, 0.3) is 0 Å². The number of rotatable bonds is 4. The summed E-state index contributed by atoms with van der Waals surface area (Å²) in [6, 6.07) is 3.98. The molecule has 0 aromatic heterocycles. The van der Waals surface area contributed by atoms with E-state index >= 15 is 0 Å². The fraction of sp³-hybridized carbons (Fsp3) is 0.462. The van der Waals surface area contributed by atoms with Gasteiger partial charge in [0.2, 0.25) is 12.1 Å². The fourth-order valence-electron chi connectivity index (χ4n) is 2.00. The summed E-state index contributed by atoms with van der Waals surface area (Å²) in [7, 11) is 2.93. The van der Waals surface area contributed by atoms with Gasteiger partial charge in [0.1, 0.15) is 0 Å². The van der Waals surface area contributed by atoms with Gasteiger partial charge in [-0.3, -0.25) is 4.79 Å². The van der Waals surface area contributed by atoms with Gasteiger partial charge in [-0.05, 0) is 31.9 Å². The van der Waals surface area contributed by atoms with E-state index in [1.54, 1.807) is 0 Å². The van der Waals surface area contributed by atoms with Crippen LogP contribution in [0.2, 0.25) is 0 Å². The molecule has 1 rings (SSSR count). The van der Waals surface area contributed by atoms with Crippen LogP contribution in [-0.2, 0) is 9.47 Å². The van der Waals surface area contributed by atoms with Gasteiger partial charge in [0.05, 0.1) is 0 Å². The first-order valence-electron chi connectivity index (χ1n) is 5.19. The molecular formula is C13H18O3. The lowest BCUT2D eigenvalue weighted by atomic mass is 9.96. The van der Waals surface area contributed by atoms with Crippen LogP contribution in [0.15, 0.2) is 12.1 Å². The maximum atomic E-state index is 12.1. The molecule has 0 radical (unpaired) electrons. The van der Waals surface area contributed by atoms with Crippen LogP contribution in [0, 0.1) is 20.8 Å². The summed E-state index contributed by atoms with van der Waals surface area (Å²) in [5.74, 6) is -0.125. The van der Waals surface area contributed by atoms with Gasteiger partial charge in [0.15, 0.2) is 0 Å². The summed E-state index contributed by atoms with van der Waals surface area (Å²) in [4.78, 5) is 12.1. The Balaban J connectivity index is 3.18. The highest BCUT2D eigenvalue weighted by Gasteiger charge is 2.22. The van der Waals surface area contributed by atoms with Gasteiger partial charge in [0, 0.05) is 19.8 Å². The molecule has 1 aromatic carbocycles. The van der Waals surface area contributed by atoms with E-state index in [2.05, 4.69) is 0 Å². The second-order valence-electron chi connectivity index (χ2n) is 3.94. The van der Waals surface area contributed by atoms with Crippen molar-refractivity contribution in [3.05, 3.63) is 34.4 Å². The summed E-state index contributed by atoms with van der Waals surface area (Å²) in [5.41, 5.74) is 3.76. The zero-order chi connectivity index (χ0) is 12.3. The number of ketones is 1. The second kappa shape index (κ2) is 5.23. The van der Waals surface area contributed by atoms with Crippen molar-refractivity contribution < 1.29 is 14.3 Å². The lowest BCUT2D eigenvalue weighted by molar-refractivity contribution is -0.0742. The second-order valence-corrected chi connectivity index (χ2v) is 3.94. The Morgan fingerprint density at radius 1 is 1.06 bits per heavy atom. The Kier molecular flexibility index (Phi) is 4.21. The minimum absolute atomic E-state index is 0.125. The van der Waals surface area contributed by atoms with Gasteiger partial charge in [0.25, 0.3) is 0 Å². The predicted molar refractivity (Wildman–Crippen MR) is 62.8 cm³/mol. The van der Waals surface area contributed by atoms with Gasteiger partial charge in [-0.2, -0.15) is 0 Å². The smallest absolute Gasteiger partial charge is 0.222 e. The highest BCUT2D eigenvalue weighted by molar-refractivity contribution is 6.01. The number of Topliss-reactive ketones (excluding diaryl/α,β-unsaturated/α-hetero) is 1. The number of carbonyl (C=O) groups excluding carboxylic acids is 1. The molecule has 0 atom stereocenters. The van der Waals surface area contributed by atoms with E-state index in [1.165, 1.54) is 14.2 Å². The molecule has 0 aliphatic rings. The number of carbonyl (C=O) groups is 1. The number of ether oxygens (including phenoxy) is 2. The summed E-state index contributed by atoms with van der Waals surface area (Å²) < 4.78 is 9.97. The van der Waals surface area contributed by atoms with Crippen LogP contribution in [0.3, 0.4) is 0 Å². The average Bonchev–Trinajstić information content (AvgIpc) is 2.17. The molecular weight excluding hydrogens is 204 g/mol. The Labute approximate surface area is 96.4 Å². The molecule has 0 heterocycles. The van der Waals surface area contributed by atoms with Gasteiger partial charge in [-0.15, -0.1) is 0 Å². The maximum absolute atomic E-state index is 12.1. The minimum Gasteiger partial charge on any atom is -0.349 e. The molecule has 0 saturated carbocycles. The van der Waals surface area contributed by atoms with Crippen molar-refractivity contribution in [2.75, 3.05) is 14.2 Å². The number of hydrogen-bond acceptors (Lipinski definition) is 3. The number of benzene rings is 1. The number of methoxy groups -OCH3 is 2. The van der Waals surface area contributed by atoms with Crippen LogP contribution in [0.4, 0.5) is 0 Å². The first kappa shape index (κ1) is 12.9. The largest absolute Gasteiger partial charge is 0.349 e. The van der Waals surface area contributed by atoms with Crippen LogP contribution in [0.5, 0.6) is 0 Å². The van der Waals surface area contributed by atoms with Crippen LogP contribution >= 0.6 is 0 Å². The lowest BCUT2D eigenvalue weighted by Crippen LogP contribution is -2.26. The van der Waals surface area contributed by atoms with Crippen molar-refractivity contribution in [1.29, 1.82) is 0 Å². The third-order valence-corrected chi connectivity index (χ3v) is 2.57. The molecule has 3 heteroatoms. The first-order chi connectivity index (χ1) is 7.51. The van der Waals surface area contributed by atoms with Crippen molar-refractivity contribution in [2.24, 2.45) is 0 Å². The molecule has 0 N–H and O–H groups in total. The topological polar surface area (TPSA) is 35.5 Å². The predicted octanol–water partition coefficient (Wildman–Crippen LogP) is 2.41. The molecule has 16 heavy (non-hydrogen) atoms. The first-order valence-corrected chi connectivity index (χ1v) is 5.19. The summed E-state index contributed by atoms with van der Waals surface area (Å²) >= 11 is 0. The quantitative estimate of drug-likeness (QED) is 0.579. The van der Waals surface area contributed by atoms with Gasteiger partial charge >= 0.3 is 0 Å². The molecule has 0 fully saturated rings. The standard InChI is InChI=1S/C13H18O3/c1-8-6-9(2)11(10(3)7-8)12(14)13(15-4)16-5/h6-7,13H,1-5H3. The third kappa shape index (κ3) is 2.49. The molecule has 88 valence electrons. The van der Waals surface area contributed by atoms with E-state index in [4.69, 9.17) is 9.47 Å². The van der Waals surface area contributed by atoms with Crippen LogP contribution in [-0.4, -0.2) is 26.3 Å². The van der Waals surface area contributed by atoms with Crippen molar-refractivity contribution in [3.63, 3.8) is 0 Å². The Hall–Kier alpha value is -1.19. The molecule has 3 nitrogen and oxygen atoms in total. The molecule has 1 aromatic rings. The van der Waals surface area contributed by atoms with E-state index in [1.807, 2.05) is 32.9 Å². The minimum atomic E-state index is -0.819. The molecule has 0 unspecified atom stereocenters. The van der Waals surface area contributed by atoms with Crippen molar-refractivity contribution >= 4 is 5.78 Å². The van der Waals surface area contributed by atoms with Gasteiger partial charge < -0.3 is 9.47 Å². The molecule has 0 amide bonds. The molecule has 0 saturated heterocycles. The fourth-order valence-corrected chi connectivity index (χ4v) is 2.00. The zero-order valence-electron chi connectivity index (χ0n) is 10.5. The Bertz CT molecular complexity index is 369. The van der Waals surface area contributed by atoms with Crippen molar-refractivity contribution in [2.45, 2.75) is 27.1 Å². The van der Waals surface area contributed by atoms with Crippen LogP contribution in [0.1, 0.15) is 27.0 Å². The van der Waals surface area contributed by atoms with E-state index in [0.29, 0.717) is 5.56 Å². The maximum Gasteiger partial charge on any atom is 0.222 e. The Morgan fingerprint density at radius 3 is 1.88 bits per heavy atom. The van der Waals surface area contributed by atoms with E-state index in [9.17, 15) is 4.79 Å². The van der Waals surface area contributed by atoms with E-state index in [-0.39, 0.29) is 5.78 Å². The summed E-state index contributed by atoms with van der Waals surface area (Å²) in [6.07, 6.45) is -0.819. The highest BCUT2D eigenvalue weighted by atomic mass is 16.7. The van der Waals surface area contributed by atoms with E-state index < -0.39 is 6.29 Å².